The van der Waals surface area contributed by atoms with Crippen LogP contribution in [0.5, 0.6) is 0 Å². The van der Waals surface area contributed by atoms with Gasteiger partial charge in [0.1, 0.15) is 0 Å². The summed E-state index contributed by atoms with van der Waals surface area (Å²) < 4.78 is 4.99. The molecule has 0 fully saturated rings. The fraction of sp³-hybridized carbons (Fsp3) is 0.250. The number of rotatable bonds is 6. The van der Waals surface area contributed by atoms with Gasteiger partial charge in [0, 0.05) is 12.2 Å². The second-order valence-electron chi connectivity index (χ2n) is 4.68. The molecule has 0 aliphatic carbocycles. The Morgan fingerprint density at radius 1 is 1.32 bits per heavy atom. The van der Waals surface area contributed by atoms with E-state index in [2.05, 4.69) is 28.6 Å². The van der Waals surface area contributed by atoms with E-state index in [0.717, 1.165) is 12.1 Å². The van der Waals surface area contributed by atoms with Gasteiger partial charge in [-0.1, -0.05) is 19.1 Å². The predicted octanol–water partition coefficient (Wildman–Crippen LogP) is 2.00. The lowest BCUT2D eigenvalue weighted by Crippen LogP contribution is -2.28. The number of benzene rings is 1. The average Bonchev–Trinajstić information content (AvgIpc) is 3.06. The van der Waals surface area contributed by atoms with E-state index < -0.39 is 0 Å². The Morgan fingerprint density at radius 2 is 2.18 bits per heavy atom. The quantitative estimate of drug-likeness (QED) is 0.432. The average molecular weight is 300 g/mol. The number of guanidine groups is 1. The molecule has 116 valence electrons. The summed E-state index contributed by atoms with van der Waals surface area (Å²) in [6, 6.07) is 11.3. The number of nitrogens with zero attached hydrogens (tertiary/aromatic N) is 1. The number of carbonyl (C=O) groups is 1. The standard InChI is InChI=1S/C16H20N4O2/c1-2-12-5-3-6-13(11-12)20-16(17)19-9-8-18-15(21)14-7-4-10-22-14/h3-7,10-11H,2,8-9H2,1H3,(H,18,21)(H3,17,19,20). The van der Waals surface area contributed by atoms with E-state index in [1.54, 1.807) is 12.1 Å². The zero-order chi connectivity index (χ0) is 15.8. The number of amides is 1. The Hall–Kier alpha value is -2.76. The van der Waals surface area contributed by atoms with Gasteiger partial charge in [0.15, 0.2) is 11.7 Å². The molecule has 0 saturated heterocycles. The summed E-state index contributed by atoms with van der Waals surface area (Å²) in [5.74, 6) is 0.342. The van der Waals surface area contributed by atoms with Crippen molar-refractivity contribution in [2.24, 2.45) is 10.7 Å². The minimum atomic E-state index is -0.262. The maximum atomic E-state index is 11.6. The Morgan fingerprint density at radius 3 is 2.91 bits per heavy atom. The van der Waals surface area contributed by atoms with Crippen LogP contribution in [0, 0.1) is 0 Å². The lowest BCUT2D eigenvalue weighted by molar-refractivity contribution is 0.0927. The van der Waals surface area contributed by atoms with Crippen molar-refractivity contribution in [2.75, 3.05) is 18.4 Å². The molecule has 0 bridgehead atoms. The van der Waals surface area contributed by atoms with Crippen LogP contribution < -0.4 is 16.4 Å². The lowest BCUT2D eigenvalue weighted by Gasteiger charge is -2.07. The first kappa shape index (κ1) is 15.6. The molecule has 2 aromatic rings. The second-order valence-corrected chi connectivity index (χ2v) is 4.68. The van der Waals surface area contributed by atoms with Crippen molar-refractivity contribution >= 4 is 17.6 Å². The van der Waals surface area contributed by atoms with E-state index in [-0.39, 0.29) is 11.7 Å². The molecule has 0 aliphatic heterocycles. The summed E-state index contributed by atoms with van der Waals surface area (Å²) in [7, 11) is 0. The first-order valence-electron chi connectivity index (χ1n) is 7.16. The number of nitrogens with two attached hydrogens (primary N) is 1. The molecule has 1 amide bonds. The molecule has 0 spiro atoms. The van der Waals surface area contributed by atoms with E-state index in [1.807, 2.05) is 18.2 Å². The third-order valence-electron chi connectivity index (χ3n) is 3.03. The normalized spacial score (nSPS) is 11.2. The molecular weight excluding hydrogens is 280 g/mol. The summed E-state index contributed by atoms with van der Waals surface area (Å²) in [4.78, 5) is 15.8. The largest absolute Gasteiger partial charge is 0.459 e. The van der Waals surface area contributed by atoms with Crippen LogP contribution in [-0.4, -0.2) is 25.0 Å². The van der Waals surface area contributed by atoms with Gasteiger partial charge in [0.25, 0.3) is 5.91 Å². The molecule has 22 heavy (non-hydrogen) atoms. The van der Waals surface area contributed by atoms with E-state index in [9.17, 15) is 4.79 Å². The number of hydrogen-bond donors (Lipinski definition) is 3. The highest BCUT2D eigenvalue weighted by Gasteiger charge is 2.06. The Kier molecular flexibility index (Phi) is 5.59. The van der Waals surface area contributed by atoms with Crippen molar-refractivity contribution in [1.82, 2.24) is 5.32 Å². The zero-order valence-corrected chi connectivity index (χ0v) is 12.5. The van der Waals surface area contributed by atoms with Crippen molar-refractivity contribution in [1.29, 1.82) is 0 Å². The van der Waals surface area contributed by atoms with Gasteiger partial charge in [-0.2, -0.15) is 0 Å². The molecule has 0 unspecified atom stereocenters. The van der Waals surface area contributed by atoms with E-state index in [0.29, 0.717) is 19.0 Å². The topological polar surface area (TPSA) is 92.6 Å². The van der Waals surface area contributed by atoms with Crippen LogP contribution in [-0.2, 0) is 6.42 Å². The van der Waals surface area contributed by atoms with Gasteiger partial charge in [0.2, 0.25) is 0 Å². The van der Waals surface area contributed by atoms with E-state index >= 15 is 0 Å². The maximum absolute atomic E-state index is 11.6. The molecule has 1 heterocycles. The number of hydrogen-bond acceptors (Lipinski definition) is 3. The zero-order valence-electron chi connectivity index (χ0n) is 12.5. The van der Waals surface area contributed by atoms with Crippen molar-refractivity contribution in [3.8, 4) is 0 Å². The summed E-state index contributed by atoms with van der Waals surface area (Å²) in [5.41, 5.74) is 7.94. The van der Waals surface area contributed by atoms with E-state index in [1.165, 1.54) is 11.8 Å². The van der Waals surface area contributed by atoms with Gasteiger partial charge in [-0.3, -0.25) is 9.79 Å². The van der Waals surface area contributed by atoms with Crippen LogP contribution in [0.25, 0.3) is 0 Å². The summed E-state index contributed by atoms with van der Waals surface area (Å²) in [6.07, 6.45) is 2.42. The minimum Gasteiger partial charge on any atom is -0.459 e. The SMILES string of the molecule is CCc1cccc(NC(N)=NCCNC(=O)c2ccco2)c1. The fourth-order valence-electron chi connectivity index (χ4n) is 1.90. The lowest BCUT2D eigenvalue weighted by atomic mass is 10.1. The molecule has 4 N–H and O–H groups in total. The van der Waals surface area contributed by atoms with Crippen LogP contribution in [0.4, 0.5) is 5.69 Å². The van der Waals surface area contributed by atoms with Crippen molar-refractivity contribution in [3.05, 3.63) is 54.0 Å². The highest BCUT2D eigenvalue weighted by Crippen LogP contribution is 2.10. The Labute approximate surface area is 129 Å². The van der Waals surface area contributed by atoms with Gasteiger partial charge in [-0.05, 0) is 36.2 Å². The summed E-state index contributed by atoms with van der Waals surface area (Å²) >= 11 is 0. The number of aryl methyl sites for hydroxylation is 1. The highest BCUT2D eigenvalue weighted by molar-refractivity contribution is 5.92. The molecular formula is C16H20N4O2. The first-order valence-corrected chi connectivity index (χ1v) is 7.16. The molecule has 0 atom stereocenters. The first-order chi connectivity index (χ1) is 10.7. The van der Waals surface area contributed by atoms with Crippen LogP contribution >= 0.6 is 0 Å². The van der Waals surface area contributed by atoms with Crippen LogP contribution in [0.3, 0.4) is 0 Å². The number of aliphatic imine (C=N–C) groups is 1. The maximum Gasteiger partial charge on any atom is 0.287 e. The van der Waals surface area contributed by atoms with Gasteiger partial charge < -0.3 is 20.8 Å². The van der Waals surface area contributed by atoms with Gasteiger partial charge in [0.05, 0.1) is 12.8 Å². The fourth-order valence-corrected chi connectivity index (χ4v) is 1.90. The Balaban J connectivity index is 1.76. The van der Waals surface area contributed by atoms with Gasteiger partial charge in [-0.15, -0.1) is 0 Å². The minimum absolute atomic E-state index is 0.262. The number of nitrogens with one attached hydrogen (secondary N) is 2. The molecule has 0 saturated carbocycles. The molecule has 6 nitrogen and oxygen atoms in total. The van der Waals surface area contributed by atoms with Gasteiger partial charge >= 0.3 is 0 Å². The molecule has 1 aromatic heterocycles. The monoisotopic (exact) mass is 300 g/mol. The molecule has 0 aliphatic rings. The van der Waals surface area contributed by atoms with Crippen molar-refractivity contribution in [2.45, 2.75) is 13.3 Å². The number of furan rings is 1. The number of carbonyl (C=O) groups excluding carboxylic acids is 1. The Bertz CT molecular complexity index is 635. The van der Waals surface area contributed by atoms with Crippen LogP contribution in [0.2, 0.25) is 0 Å². The number of anilines is 1. The summed E-state index contributed by atoms with van der Waals surface area (Å²) in [6.45, 7) is 2.87. The van der Waals surface area contributed by atoms with Crippen LogP contribution in [0.1, 0.15) is 23.0 Å². The molecule has 1 aromatic carbocycles. The summed E-state index contributed by atoms with van der Waals surface area (Å²) in [5, 5.41) is 5.73. The van der Waals surface area contributed by atoms with E-state index in [4.69, 9.17) is 10.2 Å². The molecule has 2 rings (SSSR count). The molecule has 0 radical (unpaired) electrons. The predicted molar refractivity (Wildman–Crippen MR) is 87.0 cm³/mol. The third kappa shape index (κ3) is 4.66. The van der Waals surface area contributed by atoms with Crippen LogP contribution in [0.15, 0.2) is 52.1 Å². The highest BCUT2D eigenvalue weighted by atomic mass is 16.3. The van der Waals surface area contributed by atoms with Crippen molar-refractivity contribution in [3.63, 3.8) is 0 Å². The second kappa shape index (κ2) is 7.87. The smallest absolute Gasteiger partial charge is 0.287 e. The van der Waals surface area contributed by atoms with Crippen molar-refractivity contribution < 1.29 is 9.21 Å². The van der Waals surface area contributed by atoms with Gasteiger partial charge in [-0.25, -0.2) is 0 Å². The third-order valence-corrected chi connectivity index (χ3v) is 3.03. The molecule has 6 heteroatoms.